The van der Waals surface area contributed by atoms with Crippen molar-refractivity contribution in [3.05, 3.63) is 47.3 Å². The molecule has 2 aliphatic rings. The van der Waals surface area contributed by atoms with Crippen LogP contribution in [0.15, 0.2) is 30.5 Å². The number of aromatic nitrogens is 2. The van der Waals surface area contributed by atoms with E-state index in [-0.39, 0.29) is 5.78 Å². The van der Waals surface area contributed by atoms with Crippen LogP contribution in [-0.2, 0) is 6.42 Å². The van der Waals surface area contributed by atoms with Gasteiger partial charge < -0.3 is 0 Å². The Morgan fingerprint density at radius 3 is 2.60 bits per heavy atom. The third-order valence-corrected chi connectivity index (χ3v) is 4.20. The van der Waals surface area contributed by atoms with Crippen molar-refractivity contribution in [2.45, 2.75) is 38.0 Å². The van der Waals surface area contributed by atoms with E-state index in [1.807, 2.05) is 0 Å². The first-order valence-electron chi connectivity index (χ1n) is 7.31. The summed E-state index contributed by atoms with van der Waals surface area (Å²) in [7, 11) is 0. The normalized spacial score (nSPS) is 17.9. The molecule has 0 bridgehead atoms. The molecular formula is C17H16N2O. The molecule has 2 aliphatic carbocycles. The van der Waals surface area contributed by atoms with E-state index in [0.29, 0.717) is 6.42 Å². The van der Waals surface area contributed by atoms with Gasteiger partial charge in [0.25, 0.3) is 0 Å². The van der Waals surface area contributed by atoms with Crippen molar-refractivity contribution < 1.29 is 4.79 Å². The lowest BCUT2D eigenvalue weighted by atomic mass is 9.96. The van der Waals surface area contributed by atoms with E-state index < -0.39 is 0 Å². The molecule has 3 heteroatoms. The van der Waals surface area contributed by atoms with E-state index >= 15 is 0 Å². The maximum Gasteiger partial charge on any atom is 0.166 e. The highest BCUT2D eigenvalue weighted by Gasteiger charge is 2.23. The highest BCUT2D eigenvalue weighted by Crippen LogP contribution is 2.40. The lowest BCUT2D eigenvalue weighted by molar-refractivity contribution is 0.0971. The smallest absolute Gasteiger partial charge is 0.166 e. The Labute approximate surface area is 118 Å². The highest BCUT2D eigenvalue weighted by atomic mass is 16.1. The molecule has 0 atom stereocenters. The topological polar surface area (TPSA) is 42.9 Å². The van der Waals surface area contributed by atoms with Crippen LogP contribution in [0.4, 0.5) is 0 Å². The summed E-state index contributed by atoms with van der Waals surface area (Å²) in [5.74, 6) is 1.69. The van der Waals surface area contributed by atoms with Gasteiger partial charge in [-0.3, -0.25) is 4.79 Å². The summed E-state index contributed by atoms with van der Waals surface area (Å²) >= 11 is 0. The van der Waals surface area contributed by atoms with Crippen LogP contribution in [0.3, 0.4) is 0 Å². The van der Waals surface area contributed by atoms with E-state index in [9.17, 15) is 4.79 Å². The van der Waals surface area contributed by atoms with Crippen LogP contribution in [0.1, 0.15) is 53.2 Å². The minimum absolute atomic E-state index is 0.182. The van der Waals surface area contributed by atoms with Crippen LogP contribution in [0.5, 0.6) is 0 Å². The zero-order chi connectivity index (χ0) is 13.5. The average Bonchev–Trinajstić information content (AvgIpc) is 3.32. The molecule has 0 aliphatic heterocycles. The quantitative estimate of drug-likeness (QED) is 0.833. The lowest BCUT2D eigenvalue weighted by Gasteiger charge is -2.13. The van der Waals surface area contributed by atoms with Gasteiger partial charge in [-0.1, -0.05) is 24.3 Å². The van der Waals surface area contributed by atoms with Crippen molar-refractivity contribution in [1.29, 1.82) is 0 Å². The van der Waals surface area contributed by atoms with Gasteiger partial charge in [-0.2, -0.15) is 0 Å². The monoisotopic (exact) mass is 264 g/mol. The fourth-order valence-electron chi connectivity index (χ4n) is 2.85. The van der Waals surface area contributed by atoms with Gasteiger partial charge in [-0.25, -0.2) is 9.97 Å². The second-order valence-electron chi connectivity index (χ2n) is 5.73. The van der Waals surface area contributed by atoms with Crippen molar-refractivity contribution >= 4 is 5.78 Å². The van der Waals surface area contributed by atoms with Crippen molar-refractivity contribution in [3.63, 3.8) is 0 Å². The molecule has 0 radical (unpaired) electrons. The Bertz CT molecular complexity index is 672. The number of aryl methyl sites for hydroxylation is 1. The Hall–Kier alpha value is -2.03. The average molecular weight is 264 g/mol. The molecule has 0 N–H and O–H groups in total. The molecule has 100 valence electrons. The number of nitrogens with zero attached hydrogens (tertiary/aromatic N) is 2. The van der Waals surface area contributed by atoms with E-state index in [1.165, 1.54) is 18.4 Å². The van der Waals surface area contributed by atoms with Crippen LogP contribution in [0.25, 0.3) is 11.4 Å². The number of carbonyl (C=O) groups is 1. The largest absolute Gasteiger partial charge is 0.294 e. The predicted octanol–water partition coefficient (Wildman–Crippen LogP) is 3.54. The molecule has 1 aromatic carbocycles. The number of carbonyl (C=O) groups excluding carboxylic acids is 1. The Morgan fingerprint density at radius 2 is 1.85 bits per heavy atom. The van der Waals surface area contributed by atoms with Gasteiger partial charge >= 0.3 is 0 Å². The summed E-state index contributed by atoms with van der Waals surface area (Å²) in [6, 6.07) is 8.56. The number of hydrogen-bond acceptors (Lipinski definition) is 3. The van der Waals surface area contributed by atoms with Crippen LogP contribution >= 0.6 is 0 Å². The molecule has 3 nitrogen and oxygen atoms in total. The van der Waals surface area contributed by atoms with Gasteiger partial charge in [-0.15, -0.1) is 0 Å². The molecule has 1 heterocycles. The molecule has 0 saturated heterocycles. The number of Topliss-reactive ketones (excluding diaryl/α,β-unsaturated/α-hetero) is 1. The van der Waals surface area contributed by atoms with Crippen LogP contribution < -0.4 is 0 Å². The number of fused-ring (bicyclic) bond motifs is 1. The summed E-state index contributed by atoms with van der Waals surface area (Å²) in [4.78, 5) is 20.7. The molecule has 1 aromatic heterocycles. The first kappa shape index (κ1) is 11.8. The van der Waals surface area contributed by atoms with Gasteiger partial charge in [0.1, 0.15) is 0 Å². The Morgan fingerprint density at radius 1 is 1.05 bits per heavy atom. The SMILES string of the molecule is O=C1CCCc2nc(-c3ccc(C4CC4)cc3)ncc21. The molecule has 20 heavy (non-hydrogen) atoms. The molecule has 4 rings (SSSR count). The first-order chi connectivity index (χ1) is 9.81. The number of benzene rings is 1. The molecular weight excluding hydrogens is 248 g/mol. The molecule has 0 amide bonds. The number of ketones is 1. The fraction of sp³-hybridized carbons (Fsp3) is 0.353. The van der Waals surface area contributed by atoms with Crippen molar-refractivity contribution in [3.8, 4) is 11.4 Å². The summed E-state index contributed by atoms with van der Waals surface area (Å²) in [6.45, 7) is 0. The second kappa shape index (κ2) is 4.51. The third-order valence-electron chi connectivity index (χ3n) is 4.20. The van der Waals surface area contributed by atoms with Crippen molar-refractivity contribution in [1.82, 2.24) is 9.97 Å². The zero-order valence-corrected chi connectivity index (χ0v) is 11.3. The van der Waals surface area contributed by atoms with Gasteiger partial charge in [0.15, 0.2) is 11.6 Å². The van der Waals surface area contributed by atoms with Crippen molar-refractivity contribution in [2.24, 2.45) is 0 Å². The minimum Gasteiger partial charge on any atom is -0.294 e. The van der Waals surface area contributed by atoms with E-state index in [2.05, 4.69) is 34.2 Å². The molecule has 2 aromatic rings. The van der Waals surface area contributed by atoms with E-state index in [0.717, 1.165) is 41.4 Å². The predicted molar refractivity (Wildman–Crippen MR) is 76.7 cm³/mol. The van der Waals surface area contributed by atoms with Crippen LogP contribution in [-0.4, -0.2) is 15.8 Å². The maximum absolute atomic E-state index is 11.8. The van der Waals surface area contributed by atoms with Gasteiger partial charge in [-0.05, 0) is 37.2 Å². The minimum atomic E-state index is 0.182. The van der Waals surface area contributed by atoms with Gasteiger partial charge in [0.05, 0.1) is 11.3 Å². The van der Waals surface area contributed by atoms with Gasteiger partial charge in [0, 0.05) is 18.2 Å². The highest BCUT2D eigenvalue weighted by molar-refractivity contribution is 5.97. The molecule has 0 unspecified atom stereocenters. The summed E-state index contributed by atoms with van der Waals surface area (Å²) < 4.78 is 0. The van der Waals surface area contributed by atoms with Crippen molar-refractivity contribution in [2.75, 3.05) is 0 Å². The zero-order valence-electron chi connectivity index (χ0n) is 11.3. The second-order valence-corrected chi connectivity index (χ2v) is 5.73. The molecule has 1 fully saturated rings. The summed E-state index contributed by atoms with van der Waals surface area (Å²) in [5.41, 5.74) is 4.09. The first-order valence-corrected chi connectivity index (χ1v) is 7.31. The van der Waals surface area contributed by atoms with E-state index in [1.54, 1.807) is 6.20 Å². The molecule has 1 saturated carbocycles. The van der Waals surface area contributed by atoms with Crippen LogP contribution in [0, 0.1) is 0 Å². The summed E-state index contributed by atoms with van der Waals surface area (Å²) in [5, 5.41) is 0. The van der Waals surface area contributed by atoms with Crippen LogP contribution in [0.2, 0.25) is 0 Å². The third kappa shape index (κ3) is 2.03. The number of rotatable bonds is 2. The standard InChI is InChI=1S/C17H16N2O/c20-16-3-1-2-15-14(16)10-18-17(19-15)13-8-6-12(7-9-13)11-4-5-11/h6-11H,1-5H2. The van der Waals surface area contributed by atoms with E-state index in [4.69, 9.17) is 0 Å². The van der Waals surface area contributed by atoms with Gasteiger partial charge in [0.2, 0.25) is 0 Å². The summed E-state index contributed by atoms with van der Waals surface area (Å²) in [6.07, 6.45) is 6.76. The maximum atomic E-state index is 11.8. The molecule has 0 spiro atoms. The lowest BCUT2D eigenvalue weighted by Crippen LogP contribution is -2.13. The fourth-order valence-corrected chi connectivity index (χ4v) is 2.85. The number of hydrogen-bond donors (Lipinski definition) is 0. The Kier molecular flexibility index (Phi) is 2.66. The Balaban J connectivity index is 1.69.